The maximum absolute atomic E-state index is 13.2. The number of aryl methyl sites for hydroxylation is 1. The number of oxazole rings is 1. The molecular formula is C22H26N4O5S. The zero-order valence-electron chi connectivity index (χ0n) is 17.9. The predicted molar refractivity (Wildman–Crippen MR) is 117 cm³/mol. The molecule has 9 nitrogen and oxygen atoms in total. The zero-order valence-corrected chi connectivity index (χ0v) is 18.8. The molecule has 5 rings (SSSR count). The Morgan fingerprint density at radius 2 is 1.81 bits per heavy atom. The number of carbonyl (C=O) groups excluding carboxylic acids is 1. The second kappa shape index (κ2) is 8.34. The summed E-state index contributed by atoms with van der Waals surface area (Å²) in [6, 6.07) is 9.18. The summed E-state index contributed by atoms with van der Waals surface area (Å²) in [5.74, 6) is 0.722. The monoisotopic (exact) mass is 458 g/mol. The van der Waals surface area contributed by atoms with Gasteiger partial charge in [0.1, 0.15) is 16.1 Å². The van der Waals surface area contributed by atoms with Crippen LogP contribution in [0.25, 0.3) is 11.1 Å². The van der Waals surface area contributed by atoms with Gasteiger partial charge in [0.05, 0.1) is 13.2 Å². The van der Waals surface area contributed by atoms with E-state index in [1.54, 1.807) is 16.5 Å². The van der Waals surface area contributed by atoms with Gasteiger partial charge in [-0.25, -0.2) is 13.4 Å². The van der Waals surface area contributed by atoms with Gasteiger partial charge in [-0.3, -0.25) is 4.79 Å². The maximum Gasteiger partial charge on any atom is 0.270 e. The number of hydrogen-bond donors (Lipinski definition) is 0. The number of benzene rings is 1. The largest absolute Gasteiger partial charge is 0.440 e. The fraction of sp³-hybridized carbons (Fsp3) is 0.455. The van der Waals surface area contributed by atoms with Crippen LogP contribution in [0.2, 0.25) is 0 Å². The minimum atomic E-state index is -3.64. The summed E-state index contributed by atoms with van der Waals surface area (Å²) in [6.07, 6.45) is 3.02. The minimum Gasteiger partial charge on any atom is -0.440 e. The van der Waals surface area contributed by atoms with E-state index in [2.05, 4.69) is 4.98 Å². The third-order valence-corrected chi connectivity index (χ3v) is 8.11. The van der Waals surface area contributed by atoms with Crippen molar-refractivity contribution in [1.29, 1.82) is 0 Å². The summed E-state index contributed by atoms with van der Waals surface area (Å²) >= 11 is 0. The SMILES string of the molecule is Cn1cc(S(=O)(=O)N2CCOCC2)cc1C(=O)N1CCC(c2nc3ccccc3o2)CC1. The number of ether oxygens (including phenoxy) is 1. The molecule has 10 heteroatoms. The average molecular weight is 459 g/mol. The molecule has 1 aromatic carbocycles. The predicted octanol–water partition coefficient (Wildman–Crippen LogP) is 2.21. The molecule has 1 amide bonds. The van der Waals surface area contributed by atoms with Crippen molar-refractivity contribution in [2.45, 2.75) is 23.7 Å². The lowest BCUT2D eigenvalue weighted by Gasteiger charge is -2.30. The molecule has 3 aromatic rings. The Morgan fingerprint density at radius 3 is 2.53 bits per heavy atom. The highest BCUT2D eigenvalue weighted by molar-refractivity contribution is 7.89. The number of likely N-dealkylation sites (tertiary alicyclic amines) is 1. The number of morpholine rings is 1. The molecule has 4 heterocycles. The van der Waals surface area contributed by atoms with Gasteiger partial charge in [-0.1, -0.05) is 12.1 Å². The number of amides is 1. The van der Waals surface area contributed by atoms with Crippen molar-refractivity contribution >= 4 is 27.0 Å². The Kier molecular flexibility index (Phi) is 5.52. The number of para-hydroxylation sites is 2. The van der Waals surface area contributed by atoms with E-state index in [9.17, 15) is 13.2 Å². The van der Waals surface area contributed by atoms with E-state index >= 15 is 0 Å². The fourth-order valence-corrected chi connectivity index (χ4v) is 5.86. The van der Waals surface area contributed by atoms with Crippen LogP contribution in [-0.2, 0) is 21.8 Å². The van der Waals surface area contributed by atoms with Crippen molar-refractivity contribution in [2.75, 3.05) is 39.4 Å². The molecule has 2 aliphatic rings. The van der Waals surface area contributed by atoms with E-state index in [0.29, 0.717) is 45.1 Å². The van der Waals surface area contributed by atoms with Gasteiger partial charge in [-0.2, -0.15) is 4.31 Å². The van der Waals surface area contributed by atoms with E-state index in [0.717, 1.165) is 29.8 Å². The maximum atomic E-state index is 13.2. The van der Waals surface area contributed by atoms with Gasteiger partial charge < -0.3 is 18.6 Å². The second-order valence-corrected chi connectivity index (χ2v) is 10.2. The molecule has 0 atom stereocenters. The average Bonchev–Trinajstić information content (AvgIpc) is 3.43. The number of nitrogens with zero attached hydrogens (tertiary/aromatic N) is 4. The van der Waals surface area contributed by atoms with Crippen LogP contribution < -0.4 is 0 Å². The van der Waals surface area contributed by atoms with Gasteiger partial charge in [0.25, 0.3) is 5.91 Å². The lowest BCUT2D eigenvalue weighted by Crippen LogP contribution is -2.40. The van der Waals surface area contributed by atoms with E-state index in [4.69, 9.17) is 9.15 Å². The van der Waals surface area contributed by atoms with E-state index in [1.807, 2.05) is 24.3 Å². The van der Waals surface area contributed by atoms with Gasteiger partial charge in [0.2, 0.25) is 10.0 Å². The first-order valence-corrected chi connectivity index (χ1v) is 12.3. The first kappa shape index (κ1) is 21.2. The number of piperidine rings is 1. The molecule has 0 saturated carbocycles. The summed E-state index contributed by atoms with van der Waals surface area (Å²) in [5.41, 5.74) is 2.00. The third-order valence-electron chi connectivity index (χ3n) is 6.25. The highest BCUT2D eigenvalue weighted by Crippen LogP contribution is 2.31. The molecule has 0 N–H and O–H groups in total. The summed E-state index contributed by atoms with van der Waals surface area (Å²) in [6.45, 7) is 2.55. The van der Waals surface area contributed by atoms with Crippen molar-refractivity contribution in [3.8, 4) is 0 Å². The topological polar surface area (TPSA) is 97.9 Å². The van der Waals surface area contributed by atoms with Crippen molar-refractivity contribution in [2.24, 2.45) is 7.05 Å². The molecule has 0 spiro atoms. The normalized spacial score (nSPS) is 19.0. The standard InChI is InChI=1S/C22H26N4O5S/c1-24-15-17(32(28,29)26-10-12-30-13-11-26)14-19(24)22(27)25-8-6-16(7-9-25)21-23-18-4-2-3-5-20(18)31-21/h2-5,14-16H,6-13H2,1H3. The van der Waals surface area contributed by atoms with Crippen LogP contribution in [0, 0.1) is 0 Å². The summed E-state index contributed by atoms with van der Waals surface area (Å²) in [4.78, 5) is 19.7. The van der Waals surface area contributed by atoms with Crippen molar-refractivity contribution in [3.63, 3.8) is 0 Å². The van der Waals surface area contributed by atoms with Gasteiger partial charge in [0, 0.05) is 45.3 Å². The van der Waals surface area contributed by atoms with Crippen LogP contribution in [0.1, 0.15) is 35.1 Å². The van der Waals surface area contributed by atoms with Gasteiger partial charge in [-0.15, -0.1) is 0 Å². The first-order chi connectivity index (χ1) is 15.4. The Balaban J connectivity index is 1.28. The van der Waals surface area contributed by atoms with E-state index < -0.39 is 10.0 Å². The van der Waals surface area contributed by atoms with E-state index in [-0.39, 0.29) is 16.7 Å². The molecule has 2 fully saturated rings. The molecule has 2 aromatic heterocycles. The Bertz CT molecular complexity index is 1200. The molecule has 0 radical (unpaired) electrons. The lowest BCUT2D eigenvalue weighted by molar-refractivity contribution is 0.0697. The second-order valence-electron chi connectivity index (χ2n) is 8.27. The van der Waals surface area contributed by atoms with Crippen LogP contribution in [0.3, 0.4) is 0 Å². The first-order valence-electron chi connectivity index (χ1n) is 10.8. The minimum absolute atomic E-state index is 0.145. The third kappa shape index (κ3) is 3.82. The van der Waals surface area contributed by atoms with E-state index in [1.165, 1.54) is 16.6 Å². The van der Waals surface area contributed by atoms with Crippen LogP contribution in [-0.4, -0.2) is 72.5 Å². The molecule has 0 bridgehead atoms. The Morgan fingerprint density at radius 1 is 1.09 bits per heavy atom. The molecule has 0 unspecified atom stereocenters. The molecule has 2 aliphatic heterocycles. The van der Waals surface area contributed by atoms with Gasteiger partial charge in [-0.05, 0) is 31.0 Å². The smallest absolute Gasteiger partial charge is 0.270 e. The van der Waals surface area contributed by atoms with Crippen LogP contribution >= 0.6 is 0 Å². The van der Waals surface area contributed by atoms with Crippen LogP contribution in [0.5, 0.6) is 0 Å². The number of fused-ring (bicyclic) bond motifs is 1. The summed E-state index contributed by atoms with van der Waals surface area (Å²) in [5, 5.41) is 0. The van der Waals surface area contributed by atoms with Gasteiger partial charge in [0.15, 0.2) is 11.5 Å². The van der Waals surface area contributed by atoms with Crippen LogP contribution in [0.15, 0.2) is 45.8 Å². The molecule has 170 valence electrons. The number of rotatable bonds is 4. The Labute approximate surface area is 186 Å². The molecular weight excluding hydrogens is 432 g/mol. The number of aromatic nitrogens is 2. The molecule has 0 aliphatic carbocycles. The van der Waals surface area contributed by atoms with Crippen molar-refractivity contribution < 1.29 is 22.4 Å². The van der Waals surface area contributed by atoms with Gasteiger partial charge >= 0.3 is 0 Å². The summed E-state index contributed by atoms with van der Waals surface area (Å²) < 4.78 is 40.0. The summed E-state index contributed by atoms with van der Waals surface area (Å²) in [7, 11) is -1.94. The molecule has 32 heavy (non-hydrogen) atoms. The highest BCUT2D eigenvalue weighted by Gasteiger charge is 2.32. The number of hydrogen-bond acceptors (Lipinski definition) is 6. The number of sulfonamides is 1. The fourth-order valence-electron chi connectivity index (χ4n) is 4.38. The lowest BCUT2D eigenvalue weighted by atomic mass is 9.96. The molecule has 2 saturated heterocycles. The van der Waals surface area contributed by atoms with Crippen molar-refractivity contribution in [1.82, 2.24) is 18.8 Å². The van der Waals surface area contributed by atoms with Crippen LogP contribution in [0.4, 0.5) is 0 Å². The highest BCUT2D eigenvalue weighted by atomic mass is 32.2. The quantitative estimate of drug-likeness (QED) is 0.595. The number of carbonyl (C=O) groups is 1. The zero-order chi connectivity index (χ0) is 22.3. The Hall–Kier alpha value is -2.69. The van der Waals surface area contributed by atoms with Crippen molar-refractivity contribution in [3.05, 3.63) is 48.1 Å².